The molecule has 10 heteroatoms. The quantitative estimate of drug-likeness (QED) is 0.813. The Morgan fingerprint density at radius 2 is 1.93 bits per heavy atom. The Morgan fingerprint density at radius 1 is 1.21 bits per heavy atom. The molecule has 2 aromatic carbocycles. The van der Waals surface area contributed by atoms with Crippen LogP contribution in [0.15, 0.2) is 48.5 Å². The van der Waals surface area contributed by atoms with Crippen molar-refractivity contribution in [3.63, 3.8) is 0 Å². The SMILES string of the molecule is CS(=O)(=O)N1CCC(C(=O)NCc2cccc(C(F)(F)F)c2)Oc2ccccc21. The van der Waals surface area contributed by atoms with E-state index >= 15 is 0 Å². The van der Waals surface area contributed by atoms with Crippen molar-refractivity contribution in [2.24, 2.45) is 0 Å². The second kappa shape index (κ2) is 7.94. The second-order valence-corrected chi connectivity index (χ2v) is 8.52. The number of halogens is 3. The van der Waals surface area contributed by atoms with Gasteiger partial charge in [-0.15, -0.1) is 0 Å². The molecule has 1 aliphatic heterocycles. The number of anilines is 1. The molecule has 0 radical (unpaired) electrons. The van der Waals surface area contributed by atoms with Gasteiger partial charge in [-0.3, -0.25) is 9.10 Å². The topological polar surface area (TPSA) is 75.7 Å². The van der Waals surface area contributed by atoms with E-state index in [4.69, 9.17) is 4.74 Å². The molecule has 0 saturated carbocycles. The number of rotatable bonds is 4. The molecular weight excluding hydrogens is 409 g/mol. The van der Waals surface area contributed by atoms with E-state index in [1.807, 2.05) is 0 Å². The number of sulfonamides is 1. The van der Waals surface area contributed by atoms with Crippen LogP contribution in [-0.4, -0.2) is 33.2 Å². The van der Waals surface area contributed by atoms with E-state index in [0.29, 0.717) is 11.3 Å². The molecule has 0 fully saturated rings. The highest BCUT2D eigenvalue weighted by molar-refractivity contribution is 7.92. The van der Waals surface area contributed by atoms with Crippen LogP contribution in [0.1, 0.15) is 17.5 Å². The predicted octanol–water partition coefficient (Wildman–Crippen LogP) is 2.94. The fraction of sp³-hybridized carbons (Fsp3) is 0.316. The first-order valence-electron chi connectivity index (χ1n) is 8.73. The van der Waals surface area contributed by atoms with Gasteiger partial charge in [-0.25, -0.2) is 8.42 Å². The van der Waals surface area contributed by atoms with Crippen LogP contribution in [0.25, 0.3) is 0 Å². The number of para-hydroxylation sites is 2. The van der Waals surface area contributed by atoms with Gasteiger partial charge < -0.3 is 10.1 Å². The average molecular weight is 428 g/mol. The maximum atomic E-state index is 12.8. The first kappa shape index (κ1) is 21.0. The van der Waals surface area contributed by atoms with Crippen LogP contribution in [0, 0.1) is 0 Å². The van der Waals surface area contributed by atoms with Crippen molar-refractivity contribution in [2.45, 2.75) is 25.2 Å². The maximum absolute atomic E-state index is 12.8. The van der Waals surface area contributed by atoms with Crippen LogP contribution in [0.5, 0.6) is 5.75 Å². The van der Waals surface area contributed by atoms with Crippen molar-refractivity contribution in [1.82, 2.24) is 5.32 Å². The van der Waals surface area contributed by atoms with Gasteiger partial charge >= 0.3 is 6.18 Å². The highest BCUT2D eigenvalue weighted by Crippen LogP contribution is 2.34. The highest BCUT2D eigenvalue weighted by atomic mass is 32.2. The molecule has 1 atom stereocenters. The minimum absolute atomic E-state index is 0.0392. The van der Waals surface area contributed by atoms with Gasteiger partial charge in [-0.05, 0) is 29.8 Å². The van der Waals surface area contributed by atoms with E-state index in [-0.39, 0.29) is 25.3 Å². The molecule has 29 heavy (non-hydrogen) atoms. The Morgan fingerprint density at radius 3 is 2.62 bits per heavy atom. The molecule has 0 bridgehead atoms. The number of carbonyl (C=O) groups excluding carboxylic acids is 1. The van der Waals surface area contributed by atoms with Crippen molar-refractivity contribution >= 4 is 21.6 Å². The number of amides is 1. The molecule has 0 aromatic heterocycles. The van der Waals surface area contributed by atoms with Gasteiger partial charge in [-0.1, -0.05) is 24.3 Å². The number of ether oxygens (including phenoxy) is 1. The summed E-state index contributed by atoms with van der Waals surface area (Å²) in [5.74, 6) is -0.290. The van der Waals surface area contributed by atoms with Gasteiger partial charge in [-0.2, -0.15) is 13.2 Å². The molecule has 6 nitrogen and oxygen atoms in total. The number of benzene rings is 2. The van der Waals surface area contributed by atoms with Crippen LogP contribution in [0.4, 0.5) is 18.9 Å². The lowest BCUT2D eigenvalue weighted by Crippen LogP contribution is -2.39. The minimum Gasteiger partial charge on any atom is -0.478 e. The number of hydrogen-bond acceptors (Lipinski definition) is 4. The zero-order valence-corrected chi connectivity index (χ0v) is 16.3. The lowest BCUT2D eigenvalue weighted by molar-refractivity contribution is -0.137. The summed E-state index contributed by atoms with van der Waals surface area (Å²) in [5.41, 5.74) is -0.171. The number of carbonyl (C=O) groups is 1. The predicted molar refractivity (Wildman–Crippen MR) is 101 cm³/mol. The Hall–Kier alpha value is -2.75. The van der Waals surface area contributed by atoms with Gasteiger partial charge in [0.1, 0.15) is 5.75 Å². The third-order valence-corrected chi connectivity index (χ3v) is 5.59. The number of hydrogen-bond donors (Lipinski definition) is 1. The Bertz CT molecular complexity index is 1010. The summed E-state index contributed by atoms with van der Waals surface area (Å²) in [6.45, 7) is -0.0719. The molecule has 1 unspecified atom stereocenters. The molecule has 0 saturated heterocycles. The number of alkyl halides is 3. The van der Waals surface area contributed by atoms with Gasteiger partial charge in [0.05, 0.1) is 17.5 Å². The van der Waals surface area contributed by atoms with E-state index in [9.17, 15) is 26.4 Å². The van der Waals surface area contributed by atoms with Crippen LogP contribution in [-0.2, 0) is 27.5 Å². The Kier molecular flexibility index (Phi) is 5.74. The lowest BCUT2D eigenvalue weighted by atomic mass is 10.1. The van der Waals surface area contributed by atoms with E-state index in [0.717, 1.165) is 18.4 Å². The first-order valence-corrected chi connectivity index (χ1v) is 10.6. The molecule has 1 heterocycles. The molecule has 1 amide bonds. The summed E-state index contributed by atoms with van der Waals surface area (Å²) in [7, 11) is -3.57. The van der Waals surface area contributed by atoms with Gasteiger partial charge in [0, 0.05) is 19.5 Å². The van der Waals surface area contributed by atoms with E-state index in [1.165, 1.54) is 16.4 Å². The van der Waals surface area contributed by atoms with Crippen molar-refractivity contribution < 1.29 is 31.1 Å². The van der Waals surface area contributed by atoms with Gasteiger partial charge in [0.25, 0.3) is 5.91 Å². The van der Waals surface area contributed by atoms with Crippen molar-refractivity contribution in [3.8, 4) is 5.75 Å². The monoisotopic (exact) mass is 428 g/mol. The van der Waals surface area contributed by atoms with E-state index in [1.54, 1.807) is 24.3 Å². The summed E-state index contributed by atoms with van der Waals surface area (Å²) < 4.78 is 69.5. The van der Waals surface area contributed by atoms with Gasteiger partial charge in [0.2, 0.25) is 10.0 Å². The first-order chi connectivity index (χ1) is 13.6. The summed E-state index contributed by atoms with van der Waals surface area (Å²) in [5, 5.41) is 2.56. The molecule has 1 N–H and O–H groups in total. The molecule has 3 rings (SSSR count). The summed E-state index contributed by atoms with van der Waals surface area (Å²) in [6, 6.07) is 11.1. The van der Waals surface area contributed by atoms with Crippen molar-refractivity contribution in [1.29, 1.82) is 0 Å². The third kappa shape index (κ3) is 5.00. The van der Waals surface area contributed by atoms with E-state index < -0.39 is 33.8 Å². The summed E-state index contributed by atoms with van der Waals surface area (Å²) in [4.78, 5) is 12.5. The molecular formula is C19H19F3N2O4S. The average Bonchev–Trinajstić information content (AvgIpc) is 2.85. The smallest absolute Gasteiger partial charge is 0.416 e. The number of fused-ring (bicyclic) bond motifs is 1. The second-order valence-electron chi connectivity index (χ2n) is 6.61. The van der Waals surface area contributed by atoms with Crippen LogP contribution < -0.4 is 14.4 Å². The normalized spacial score (nSPS) is 17.1. The Balaban J connectivity index is 1.73. The molecule has 0 spiro atoms. The zero-order valence-electron chi connectivity index (χ0n) is 15.4. The number of nitrogens with one attached hydrogen (secondary N) is 1. The number of nitrogens with zero attached hydrogens (tertiary/aromatic N) is 1. The fourth-order valence-electron chi connectivity index (χ4n) is 3.02. The molecule has 0 aliphatic carbocycles. The summed E-state index contributed by atoms with van der Waals surface area (Å²) >= 11 is 0. The standard InChI is InChI=1S/C19H19F3N2O4S/c1-29(26,27)24-10-9-17(28-16-8-3-2-7-15(16)24)18(25)23-12-13-5-4-6-14(11-13)19(20,21)22/h2-8,11,17H,9-10,12H2,1H3,(H,23,25). The largest absolute Gasteiger partial charge is 0.478 e. The Labute approximate surface area is 166 Å². The molecule has 156 valence electrons. The highest BCUT2D eigenvalue weighted by Gasteiger charge is 2.32. The minimum atomic E-state index is -4.47. The lowest BCUT2D eigenvalue weighted by Gasteiger charge is -2.20. The van der Waals surface area contributed by atoms with Crippen LogP contribution in [0.3, 0.4) is 0 Å². The van der Waals surface area contributed by atoms with Crippen molar-refractivity contribution in [3.05, 3.63) is 59.7 Å². The summed E-state index contributed by atoms with van der Waals surface area (Å²) in [6.07, 6.45) is -4.29. The fourth-order valence-corrected chi connectivity index (χ4v) is 3.96. The molecule has 2 aromatic rings. The maximum Gasteiger partial charge on any atom is 0.416 e. The van der Waals surface area contributed by atoms with Gasteiger partial charge in [0.15, 0.2) is 6.10 Å². The zero-order chi connectivity index (χ0) is 21.2. The van der Waals surface area contributed by atoms with E-state index in [2.05, 4.69) is 5.32 Å². The third-order valence-electron chi connectivity index (χ3n) is 4.41. The van der Waals surface area contributed by atoms with Crippen LogP contribution in [0.2, 0.25) is 0 Å². The van der Waals surface area contributed by atoms with Crippen molar-refractivity contribution in [2.75, 3.05) is 17.1 Å². The molecule has 1 aliphatic rings. The van der Waals surface area contributed by atoms with Crippen LogP contribution >= 0.6 is 0 Å².